The van der Waals surface area contributed by atoms with Crippen molar-refractivity contribution in [2.24, 2.45) is 0 Å². The second kappa shape index (κ2) is 10.9. The molecule has 1 aliphatic rings. The number of aromatic nitrogens is 3. The lowest BCUT2D eigenvalue weighted by Gasteiger charge is -2.37. The van der Waals surface area contributed by atoms with Crippen LogP contribution in [-0.2, 0) is 17.6 Å². The molecule has 1 aromatic carbocycles. The van der Waals surface area contributed by atoms with E-state index in [1.54, 1.807) is 6.92 Å². The molecule has 0 aliphatic carbocycles. The Morgan fingerprint density at radius 3 is 2.59 bits per heavy atom. The van der Waals surface area contributed by atoms with Crippen molar-refractivity contribution in [3.63, 3.8) is 0 Å². The van der Waals surface area contributed by atoms with Gasteiger partial charge in [-0.3, -0.25) is 14.7 Å². The second-order valence-electron chi connectivity index (χ2n) is 8.09. The predicted molar refractivity (Wildman–Crippen MR) is 124 cm³/mol. The summed E-state index contributed by atoms with van der Waals surface area (Å²) in [5.74, 6) is 1.21. The minimum Gasteiger partial charge on any atom is -0.367 e. The molecule has 32 heavy (non-hydrogen) atoms. The first-order valence-electron chi connectivity index (χ1n) is 11.2. The Morgan fingerprint density at radius 1 is 1.06 bits per heavy atom. The number of para-hydroxylation sites is 2. The molecule has 1 N–H and O–H groups in total. The first-order valence-corrected chi connectivity index (χ1v) is 11.2. The van der Waals surface area contributed by atoms with E-state index in [1.807, 2.05) is 30.6 Å². The van der Waals surface area contributed by atoms with E-state index < -0.39 is 0 Å². The first-order chi connectivity index (χ1) is 15.7. The summed E-state index contributed by atoms with van der Waals surface area (Å²) < 4.78 is 5.11. The Bertz CT molecular complexity index is 998. The average molecular weight is 435 g/mol. The number of carbonyl (C=O) groups is 1. The van der Waals surface area contributed by atoms with E-state index in [0.717, 1.165) is 50.5 Å². The van der Waals surface area contributed by atoms with Gasteiger partial charge in [0.05, 0.1) is 11.4 Å². The molecule has 3 aromatic rings. The van der Waals surface area contributed by atoms with Gasteiger partial charge in [-0.25, -0.2) is 0 Å². The summed E-state index contributed by atoms with van der Waals surface area (Å²) in [6.45, 7) is 6.75. The molecule has 8 heteroatoms. The van der Waals surface area contributed by atoms with Crippen molar-refractivity contribution in [2.45, 2.75) is 32.6 Å². The van der Waals surface area contributed by atoms with Gasteiger partial charge in [0.2, 0.25) is 11.8 Å². The van der Waals surface area contributed by atoms with E-state index in [2.05, 4.69) is 48.4 Å². The van der Waals surface area contributed by atoms with Gasteiger partial charge in [0, 0.05) is 58.0 Å². The van der Waals surface area contributed by atoms with Crippen LogP contribution in [0, 0.1) is 6.92 Å². The van der Waals surface area contributed by atoms with Gasteiger partial charge in [0.25, 0.3) is 0 Å². The smallest absolute Gasteiger partial charge is 0.226 e. The maximum absolute atomic E-state index is 12.5. The Hall–Kier alpha value is -3.26. The lowest BCUT2D eigenvalue weighted by atomic mass is 10.1. The van der Waals surface area contributed by atoms with Crippen molar-refractivity contribution in [3.8, 4) is 0 Å². The van der Waals surface area contributed by atoms with Crippen molar-refractivity contribution in [3.05, 3.63) is 66.1 Å². The molecule has 0 spiro atoms. The third-order valence-corrected chi connectivity index (χ3v) is 5.72. The second-order valence-corrected chi connectivity index (χ2v) is 8.09. The average Bonchev–Trinajstić information content (AvgIpc) is 3.24. The van der Waals surface area contributed by atoms with Crippen molar-refractivity contribution in [1.29, 1.82) is 0 Å². The Balaban J connectivity index is 1.25. The van der Waals surface area contributed by atoms with Gasteiger partial charge in [-0.1, -0.05) is 17.3 Å². The van der Waals surface area contributed by atoms with Gasteiger partial charge >= 0.3 is 0 Å². The monoisotopic (exact) mass is 434 g/mol. The number of benzene rings is 1. The highest BCUT2D eigenvalue weighted by Crippen LogP contribution is 2.27. The summed E-state index contributed by atoms with van der Waals surface area (Å²) in [6, 6.07) is 12.2. The summed E-state index contributed by atoms with van der Waals surface area (Å²) >= 11 is 0. The minimum absolute atomic E-state index is 0.00433. The standard InChI is InChI=1S/C24H30N6O2/c1-19-26-24(32-28-19)8-4-7-23(31)27-21-5-2-3-6-22(21)30-17-15-29(16-18-30)14-11-20-9-12-25-13-10-20/h2-3,5-6,9-10,12-13H,4,7-8,11,14-18H2,1H3,(H,27,31). The van der Waals surface area contributed by atoms with Crippen LogP contribution in [0.25, 0.3) is 0 Å². The van der Waals surface area contributed by atoms with E-state index in [-0.39, 0.29) is 5.91 Å². The zero-order chi connectivity index (χ0) is 22.2. The van der Waals surface area contributed by atoms with E-state index in [0.29, 0.717) is 31.0 Å². The summed E-state index contributed by atoms with van der Waals surface area (Å²) in [6.07, 6.45) is 6.44. The molecule has 168 valence electrons. The minimum atomic E-state index is 0.00433. The van der Waals surface area contributed by atoms with Gasteiger partial charge in [0.1, 0.15) is 0 Å². The van der Waals surface area contributed by atoms with Crippen LogP contribution < -0.4 is 10.2 Å². The van der Waals surface area contributed by atoms with Crippen LogP contribution in [0.5, 0.6) is 0 Å². The van der Waals surface area contributed by atoms with Crippen molar-refractivity contribution >= 4 is 17.3 Å². The van der Waals surface area contributed by atoms with Crippen LogP contribution in [0.3, 0.4) is 0 Å². The van der Waals surface area contributed by atoms with E-state index in [9.17, 15) is 4.79 Å². The quantitative estimate of drug-likeness (QED) is 0.554. The molecule has 0 atom stereocenters. The predicted octanol–water partition coefficient (Wildman–Crippen LogP) is 3.10. The fourth-order valence-corrected chi connectivity index (χ4v) is 3.96. The largest absolute Gasteiger partial charge is 0.367 e. The zero-order valence-corrected chi connectivity index (χ0v) is 18.5. The number of hydrogen-bond acceptors (Lipinski definition) is 7. The van der Waals surface area contributed by atoms with Crippen LogP contribution in [-0.4, -0.2) is 58.7 Å². The Kier molecular flexibility index (Phi) is 7.45. The fraction of sp³-hybridized carbons (Fsp3) is 0.417. The number of nitrogens with one attached hydrogen (secondary N) is 1. The number of carbonyl (C=O) groups excluding carboxylic acids is 1. The lowest BCUT2D eigenvalue weighted by Crippen LogP contribution is -2.47. The molecule has 8 nitrogen and oxygen atoms in total. The molecule has 0 saturated carbocycles. The molecule has 1 aliphatic heterocycles. The van der Waals surface area contributed by atoms with Gasteiger partial charge in [-0.05, 0) is 49.6 Å². The number of nitrogens with zero attached hydrogens (tertiary/aromatic N) is 5. The van der Waals surface area contributed by atoms with Crippen LogP contribution in [0.15, 0.2) is 53.3 Å². The van der Waals surface area contributed by atoms with Gasteiger partial charge < -0.3 is 14.7 Å². The number of pyridine rings is 1. The number of hydrogen-bond donors (Lipinski definition) is 1. The van der Waals surface area contributed by atoms with Crippen molar-refractivity contribution in [2.75, 3.05) is 42.9 Å². The maximum atomic E-state index is 12.5. The van der Waals surface area contributed by atoms with E-state index in [4.69, 9.17) is 4.52 Å². The number of amides is 1. The lowest BCUT2D eigenvalue weighted by molar-refractivity contribution is -0.116. The summed E-state index contributed by atoms with van der Waals surface area (Å²) in [5.41, 5.74) is 3.28. The Morgan fingerprint density at radius 2 is 1.84 bits per heavy atom. The van der Waals surface area contributed by atoms with Crippen molar-refractivity contribution < 1.29 is 9.32 Å². The van der Waals surface area contributed by atoms with Gasteiger partial charge in [-0.15, -0.1) is 0 Å². The summed E-state index contributed by atoms with van der Waals surface area (Å²) in [4.78, 5) is 25.6. The third kappa shape index (κ3) is 6.13. The van der Waals surface area contributed by atoms with E-state index in [1.165, 1.54) is 5.56 Å². The molecule has 3 heterocycles. The van der Waals surface area contributed by atoms with Crippen LogP contribution >= 0.6 is 0 Å². The van der Waals surface area contributed by atoms with Crippen LogP contribution in [0.1, 0.15) is 30.1 Å². The highest BCUT2D eigenvalue weighted by atomic mass is 16.5. The molecule has 0 unspecified atom stereocenters. The molecule has 1 saturated heterocycles. The number of aryl methyl sites for hydroxylation is 2. The molecule has 1 fully saturated rings. The van der Waals surface area contributed by atoms with Gasteiger partial charge in [0.15, 0.2) is 5.82 Å². The topological polar surface area (TPSA) is 87.4 Å². The molecular weight excluding hydrogens is 404 g/mol. The number of rotatable bonds is 9. The summed E-state index contributed by atoms with van der Waals surface area (Å²) in [5, 5.41) is 6.87. The number of anilines is 2. The fourth-order valence-electron chi connectivity index (χ4n) is 3.96. The molecule has 0 radical (unpaired) electrons. The zero-order valence-electron chi connectivity index (χ0n) is 18.5. The third-order valence-electron chi connectivity index (χ3n) is 5.72. The van der Waals surface area contributed by atoms with E-state index >= 15 is 0 Å². The molecular formula is C24H30N6O2. The van der Waals surface area contributed by atoms with Crippen molar-refractivity contribution in [1.82, 2.24) is 20.0 Å². The highest BCUT2D eigenvalue weighted by molar-refractivity contribution is 5.94. The molecule has 2 aromatic heterocycles. The molecule has 4 rings (SSSR count). The maximum Gasteiger partial charge on any atom is 0.226 e. The molecule has 0 bridgehead atoms. The Labute approximate surface area is 188 Å². The summed E-state index contributed by atoms with van der Waals surface area (Å²) in [7, 11) is 0. The van der Waals surface area contributed by atoms with Crippen LogP contribution in [0.2, 0.25) is 0 Å². The highest BCUT2D eigenvalue weighted by Gasteiger charge is 2.19. The van der Waals surface area contributed by atoms with Gasteiger partial charge in [-0.2, -0.15) is 4.98 Å². The number of piperazine rings is 1. The molecule has 1 amide bonds. The SMILES string of the molecule is Cc1noc(CCCC(=O)Nc2ccccc2N2CCN(CCc3ccncc3)CC2)n1. The van der Waals surface area contributed by atoms with Crippen LogP contribution in [0.4, 0.5) is 11.4 Å². The first kappa shape index (κ1) is 22.0. The normalized spacial score (nSPS) is 14.5.